The summed E-state index contributed by atoms with van der Waals surface area (Å²) in [6.07, 6.45) is 2.66. The second-order valence-corrected chi connectivity index (χ2v) is 3.67. The van der Waals surface area contributed by atoms with E-state index in [0.29, 0.717) is 5.69 Å². The zero-order valence-corrected chi connectivity index (χ0v) is 9.67. The highest BCUT2D eigenvalue weighted by atomic mass is 19.1. The normalized spacial score (nSPS) is 10.1. The summed E-state index contributed by atoms with van der Waals surface area (Å²) in [7, 11) is 1.53. The van der Waals surface area contributed by atoms with Gasteiger partial charge >= 0.3 is 0 Å². The van der Waals surface area contributed by atoms with Crippen LogP contribution in [0, 0.1) is 5.82 Å². The largest absolute Gasteiger partial charge is 0.382 e. The van der Waals surface area contributed by atoms with Crippen molar-refractivity contribution in [3.8, 4) is 0 Å². The van der Waals surface area contributed by atoms with Crippen LogP contribution in [-0.4, -0.2) is 22.9 Å². The zero-order chi connectivity index (χ0) is 13.1. The molecule has 0 saturated heterocycles. The number of benzene rings is 1. The van der Waals surface area contributed by atoms with Gasteiger partial charge in [-0.05, 0) is 18.2 Å². The maximum Gasteiger partial charge on any atom is 0.278 e. The lowest BCUT2D eigenvalue weighted by atomic mass is 10.2. The number of nitrogens with two attached hydrogens (primary N) is 1. The number of nitrogen functional groups attached to an aromatic ring is 1. The Bertz CT molecular complexity index is 588. The summed E-state index contributed by atoms with van der Waals surface area (Å²) in [4.78, 5) is 21.0. The number of hydrogen-bond donors (Lipinski definition) is 1. The zero-order valence-electron chi connectivity index (χ0n) is 9.67. The SMILES string of the molecule is CN(C(=O)c1cncc(N)n1)c1cccc(F)c1. The fourth-order valence-corrected chi connectivity index (χ4v) is 1.46. The van der Waals surface area contributed by atoms with Crippen molar-refractivity contribution in [2.45, 2.75) is 0 Å². The summed E-state index contributed by atoms with van der Waals surface area (Å²) in [5.74, 6) is -0.653. The van der Waals surface area contributed by atoms with Crippen LogP contribution in [0.5, 0.6) is 0 Å². The van der Waals surface area contributed by atoms with Gasteiger partial charge in [0.1, 0.15) is 17.3 Å². The fraction of sp³-hybridized carbons (Fsp3) is 0.0833. The quantitative estimate of drug-likeness (QED) is 0.871. The Balaban J connectivity index is 2.29. The van der Waals surface area contributed by atoms with Crippen LogP contribution in [0.15, 0.2) is 36.7 Å². The summed E-state index contributed by atoms with van der Waals surface area (Å²) in [5, 5.41) is 0. The Morgan fingerprint density at radius 3 is 2.83 bits per heavy atom. The molecule has 1 heterocycles. The molecule has 18 heavy (non-hydrogen) atoms. The molecule has 92 valence electrons. The van der Waals surface area contributed by atoms with Crippen LogP contribution in [0.1, 0.15) is 10.5 Å². The Hall–Kier alpha value is -2.50. The van der Waals surface area contributed by atoms with Crippen LogP contribution in [0.25, 0.3) is 0 Å². The maximum atomic E-state index is 13.1. The first-order chi connectivity index (χ1) is 8.58. The molecule has 0 aliphatic heterocycles. The minimum Gasteiger partial charge on any atom is -0.382 e. The Labute approximate surface area is 103 Å². The van der Waals surface area contributed by atoms with E-state index >= 15 is 0 Å². The van der Waals surface area contributed by atoms with E-state index in [4.69, 9.17) is 5.73 Å². The van der Waals surface area contributed by atoms with E-state index in [2.05, 4.69) is 9.97 Å². The van der Waals surface area contributed by atoms with Gasteiger partial charge in [-0.1, -0.05) is 6.07 Å². The molecule has 2 rings (SSSR count). The van der Waals surface area contributed by atoms with Crippen molar-refractivity contribution in [1.29, 1.82) is 0 Å². The number of nitrogens with zero attached hydrogens (tertiary/aromatic N) is 3. The summed E-state index contributed by atoms with van der Waals surface area (Å²) >= 11 is 0. The van der Waals surface area contributed by atoms with Gasteiger partial charge in [0.05, 0.1) is 12.4 Å². The van der Waals surface area contributed by atoms with E-state index in [1.165, 1.54) is 42.5 Å². The van der Waals surface area contributed by atoms with Crippen LogP contribution in [0.2, 0.25) is 0 Å². The monoisotopic (exact) mass is 246 g/mol. The van der Waals surface area contributed by atoms with E-state index in [1.807, 2.05) is 0 Å². The summed E-state index contributed by atoms with van der Waals surface area (Å²) in [6, 6.07) is 5.72. The van der Waals surface area contributed by atoms with Gasteiger partial charge in [0, 0.05) is 12.7 Å². The van der Waals surface area contributed by atoms with Crippen molar-refractivity contribution in [1.82, 2.24) is 9.97 Å². The first kappa shape index (κ1) is 12.0. The summed E-state index contributed by atoms with van der Waals surface area (Å²) < 4.78 is 13.1. The lowest BCUT2D eigenvalue weighted by Crippen LogP contribution is -2.27. The molecule has 0 fully saturated rings. The number of anilines is 2. The van der Waals surface area contributed by atoms with Crippen molar-refractivity contribution in [3.63, 3.8) is 0 Å². The average molecular weight is 246 g/mol. The molecular formula is C12H11FN4O. The van der Waals surface area contributed by atoms with E-state index in [9.17, 15) is 9.18 Å². The summed E-state index contributed by atoms with van der Waals surface area (Å²) in [5.41, 5.74) is 6.00. The van der Waals surface area contributed by atoms with Gasteiger partial charge in [0.2, 0.25) is 0 Å². The third-order valence-electron chi connectivity index (χ3n) is 2.37. The third-order valence-corrected chi connectivity index (χ3v) is 2.37. The highest BCUT2D eigenvalue weighted by Crippen LogP contribution is 2.16. The minimum atomic E-state index is -0.411. The lowest BCUT2D eigenvalue weighted by Gasteiger charge is -2.16. The van der Waals surface area contributed by atoms with Gasteiger partial charge in [-0.25, -0.2) is 9.37 Å². The molecule has 1 aromatic carbocycles. The second-order valence-electron chi connectivity index (χ2n) is 3.67. The van der Waals surface area contributed by atoms with Crippen LogP contribution >= 0.6 is 0 Å². The standard InChI is InChI=1S/C12H11FN4O/c1-17(9-4-2-3-8(13)5-9)12(18)10-6-15-7-11(14)16-10/h2-7H,1H3,(H2,14,16). The van der Waals surface area contributed by atoms with Crippen molar-refractivity contribution in [3.05, 3.63) is 48.2 Å². The third kappa shape index (κ3) is 2.42. The molecule has 0 atom stereocenters. The molecule has 1 amide bonds. The first-order valence-electron chi connectivity index (χ1n) is 5.19. The number of halogens is 1. The smallest absolute Gasteiger partial charge is 0.278 e. The Morgan fingerprint density at radius 1 is 1.39 bits per heavy atom. The number of rotatable bonds is 2. The number of aromatic nitrogens is 2. The highest BCUT2D eigenvalue weighted by molar-refractivity contribution is 6.04. The van der Waals surface area contributed by atoms with Crippen molar-refractivity contribution in [2.75, 3.05) is 17.7 Å². The predicted molar refractivity (Wildman–Crippen MR) is 65.6 cm³/mol. The van der Waals surface area contributed by atoms with Crippen LogP contribution in [0.4, 0.5) is 15.9 Å². The number of hydrogen-bond acceptors (Lipinski definition) is 4. The molecule has 0 aliphatic carbocycles. The average Bonchev–Trinajstić information content (AvgIpc) is 2.37. The predicted octanol–water partition coefficient (Wildman–Crippen LogP) is 1.47. The molecule has 1 aromatic heterocycles. The van der Waals surface area contributed by atoms with E-state index in [-0.39, 0.29) is 11.5 Å². The van der Waals surface area contributed by atoms with Crippen molar-refractivity contribution in [2.24, 2.45) is 0 Å². The first-order valence-corrected chi connectivity index (χ1v) is 5.19. The Morgan fingerprint density at radius 2 is 2.17 bits per heavy atom. The number of carbonyl (C=O) groups excluding carboxylic acids is 1. The molecule has 0 radical (unpaired) electrons. The minimum absolute atomic E-state index is 0.113. The van der Waals surface area contributed by atoms with Crippen LogP contribution < -0.4 is 10.6 Å². The summed E-state index contributed by atoms with van der Waals surface area (Å²) in [6.45, 7) is 0. The molecule has 0 unspecified atom stereocenters. The van der Waals surface area contributed by atoms with E-state index in [0.717, 1.165) is 0 Å². The van der Waals surface area contributed by atoms with Gasteiger partial charge in [-0.15, -0.1) is 0 Å². The topological polar surface area (TPSA) is 72.1 Å². The molecule has 0 aliphatic rings. The molecule has 0 spiro atoms. The second kappa shape index (κ2) is 4.79. The molecule has 2 aromatic rings. The van der Waals surface area contributed by atoms with Gasteiger partial charge in [0.15, 0.2) is 0 Å². The molecule has 2 N–H and O–H groups in total. The van der Waals surface area contributed by atoms with Gasteiger partial charge in [0.25, 0.3) is 5.91 Å². The van der Waals surface area contributed by atoms with Gasteiger partial charge < -0.3 is 10.6 Å². The van der Waals surface area contributed by atoms with Crippen LogP contribution in [-0.2, 0) is 0 Å². The molecule has 0 bridgehead atoms. The Kier molecular flexibility index (Phi) is 3.18. The molecule has 0 saturated carbocycles. The molecular weight excluding hydrogens is 235 g/mol. The molecule has 5 nitrogen and oxygen atoms in total. The molecule has 6 heteroatoms. The van der Waals surface area contributed by atoms with Gasteiger partial charge in [-0.2, -0.15) is 0 Å². The number of carbonyl (C=O) groups is 1. The van der Waals surface area contributed by atoms with Gasteiger partial charge in [-0.3, -0.25) is 9.78 Å². The van der Waals surface area contributed by atoms with E-state index < -0.39 is 11.7 Å². The van der Waals surface area contributed by atoms with Crippen LogP contribution in [0.3, 0.4) is 0 Å². The lowest BCUT2D eigenvalue weighted by molar-refractivity contribution is 0.0988. The van der Waals surface area contributed by atoms with E-state index in [1.54, 1.807) is 6.07 Å². The van der Waals surface area contributed by atoms with Crippen molar-refractivity contribution >= 4 is 17.4 Å². The maximum absolute atomic E-state index is 13.1. The number of amides is 1. The van der Waals surface area contributed by atoms with Crippen molar-refractivity contribution < 1.29 is 9.18 Å². The highest BCUT2D eigenvalue weighted by Gasteiger charge is 2.15. The fourth-order valence-electron chi connectivity index (χ4n) is 1.46.